The molecular formula is C31H30N5O3+. The number of aromatic nitrogens is 3. The van der Waals surface area contributed by atoms with Crippen LogP contribution in [0.5, 0.6) is 5.75 Å². The molecule has 2 aromatic carbocycles. The Morgan fingerprint density at radius 2 is 1.79 bits per heavy atom. The third kappa shape index (κ3) is 4.58. The van der Waals surface area contributed by atoms with Crippen LogP contribution in [0.25, 0.3) is 44.2 Å². The molecule has 1 N–H and O–H groups in total. The molecule has 0 bridgehead atoms. The lowest BCUT2D eigenvalue weighted by molar-refractivity contribution is -0.531. The lowest BCUT2D eigenvalue weighted by Crippen LogP contribution is -2.47. The Kier molecular flexibility index (Phi) is 6.23. The molecule has 0 atom stereocenters. The van der Waals surface area contributed by atoms with Gasteiger partial charge in [-0.1, -0.05) is 12.1 Å². The number of H-pyrrole nitrogens is 1. The molecule has 1 amide bonds. The van der Waals surface area contributed by atoms with Crippen LogP contribution in [0.2, 0.25) is 0 Å². The minimum Gasteiger partial charge on any atom is -0.487 e. The Bertz CT molecular complexity index is 1810. The van der Waals surface area contributed by atoms with Gasteiger partial charge in [-0.25, -0.2) is 9.56 Å². The molecule has 1 aliphatic heterocycles. The highest BCUT2D eigenvalue weighted by atomic mass is 16.5. The van der Waals surface area contributed by atoms with Crippen molar-refractivity contribution in [3.63, 3.8) is 0 Å². The molecule has 196 valence electrons. The Morgan fingerprint density at radius 1 is 1.00 bits per heavy atom. The summed E-state index contributed by atoms with van der Waals surface area (Å²) < 4.78 is 9.65. The first-order chi connectivity index (χ1) is 18.9. The van der Waals surface area contributed by atoms with Crippen molar-refractivity contribution in [3.8, 4) is 28.1 Å². The molecule has 39 heavy (non-hydrogen) atoms. The molecule has 1 aliphatic rings. The van der Waals surface area contributed by atoms with Gasteiger partial charge in [0.2, 0.25) is 5.71 Å². The fraction of sp³-hybridized carbons (Fsp3) is 0.226. The molecule has 0 unspecified atom stereocenters. The van der Waals surface area contributed by atoms with E-state index in [1.807, 2.05) is 62.6 Å². The van der Waals surface area contributed by atoms with Gasteiger partial charge in [0.25, 0.3) is 5.56 Å². The SMILES string of the molecule is CC1=[N+](CCOc2ccc(-c3ccc4cc(-c5cn(C)c(=O)c6[nH]ccc56)ccc4n3)cc2)CCN(C)C1=O. The topological polar surface area (TPSA) is 83.2 Å². The molecule has 0 fully saturated rings. The number of likely N-dealkylation sites (N-methyl/N-ethyl adjacent to an activating group) is 1. The maximum absolute atomic E-state index is 12.4. The van der Waals surface area contributed by atoms with Gasteiger partial charge < -0.3 is 19.2 Å². The second-order valence-corrected chi connectivity index (χ2v) is 10.0. The van der Waals surface area contributed by atoms with Crippen molar-refractivity contribution in [2.75, 3.05) is 33.3 Å². The van der Waals surface area contributed by atoms with E-state index in [2.05, 4.69) is 27.8 Å². The molecule has 6 rings (SSSR count). The lowest BCUT2D eigenvalue weighted by Gasteiger charge is -2.21. The van der Waals surface area contributed by atoms with Crippen LogP contribution < -0.4 is 10.3 Å². The molecule has 3 aromatic heterocycles. The minimum absolute atomic E-state index is 0.0395. The second kappa shape index (κ2) is 9.87. The third-order valence-electron chi connectivity index (χ3n) is 7.51. The first-order valence-corrected chi connectivity index (χ1v) is 13.0. The fourth-order valence-corrected chi connectivity index (χ4v) is 5.18. The zero-order chi connectivity index (χ0) is 27.1. The van der Waals surface area contributed by atoms with Crippen LogP contribution in [-0.2, 0) is 11.8 Å². The van der Waals surface area contributed by atoms with Gasteiger partial charge in [-0.05, 0) is 54.1 Å². The summed E-state index contributed by atoms with van der Waals surface area (Å²) in [5.74, 6) is 0.866. The fourth-order valence-electron chi connectivity index (χ4n) is 5.18. The number of aromatic amines is 1. The summed E-state index contributed by atoms with van der Waals surface area (Å²) in [6.07, 6.45) is 3.69. The summed E-state index contributed by atoms with van der Waals surface area (Å²) in [6.45, 7) is 4.61. The van der Waals surface area contributed by atoms with Crippen LogP contribution in [0.4, 0.5) is 0 Å². The van der Waals surface area contributed by atoms with Crippen molar-refractivity contribution >= 4 is 33.4 Å². The third-order valence-corrected chi connectivity index (χ3v) is 7.51. The van der Waals surface area contributed by atoms with Gasteiger partial charge in [-0.15, -0.1) is 0 Å². The minimum atomic E-state index is -0.0395. The van der Waals surface area contributed by atoms with E-state index in [-0.39, 0.29) is 11.5 Å². The van der Waals surface area contributed by atoms with Crippen LogP contribution >= 0.6 is 0 Å². The Balaban J connectivity index is 1.18. The number of hydrogen-bond donors (Lipinski definition) is 1. The van der Waals surface area contributed by atoms with E-state index in [0.717, 1.165) is 63.2 Å². The van der Waals surface area contributed by atoms with Gasteiger partial charge in [0.15, 0.2) is 13.1 Å². The van der Waals surface area contributed by atoms with Crippen LogP contribution in [0.3, 0.4) is 0 Å². The van der Waals surface area contributed by atoms with E-state index in [0.29, 0.717) is 18.7 Å². The smallest absolute Gasteiger partial charge is 0.313 e. The zero-order valence-electron chi connectivity index (χ0n) is 22.3. The quantitative estimate of drug-likeness (QED) is 0.342. The van der Waals surface area contributed by atoms with E-state index in [1.54, 1.807) is 22.7 Å². The van der Waals surface area contributed by atoms with Crippen LogP contribution in [0.1, 0.15) is 6.92 Å². The zero-order valence-corrected chi connectivity index (χ0v) is 22.3. The first-order valence-electron chi connectivity index (χ1n) is 13.0. The van der Waals surface area contributed by atoms with E-state index in [4.69, 9.17) is 9.72 Å². The van der Waals surface area contributed by atoms with E-state index >= 15 is 0 Å². The van der Waals surface area contributed by atoms with Gasteiger partial charge in [-0.3, -0.25) is 9.59 Å². The summed E-state index contributed by atoms with van der Waals surface area (Å²) >= 11 is 0. The van der Waals surface area contributed by atoms with Crippen molar-refractivity contribution in [3.05, 3.63) is 83.4 Å². The number of amides is 1. The highest BCUT2D eigenvalue weighted by Gasteiger charge is 2.27. The number of fused-ring (bicyclic) bond motifs is 2. The lowest BCUT2D eigenvalue weighted by atomic mass is 10.0. The molecule has 0 saturated heterocycles. The number of pyridine rings is 2. The monoisotopic (exact) mass is 520 g/mol. The van der Waals surface area contributed by atoms with Crippen molar-refractivity contribution in [1.82, 2.24) is 19.4 Å². The highest BCUT2D eigenvalue weighted by Crippen LogP contribution is 2.30. The average Bonchev–Trinajstić information content (AvgIpc) is 3.45. The number of nitrogens with one attached hydrogen (secondary N) is 1. The number of carbonyl (C=O) groups is 1. The van der Waals surface area contributed by atoms with Gasteiger partial charge in [0.05, 0.1) is 17.8 Å². The number of rotatable bonds is 6. The number of hydrogen-bond acceptors (Lipinski definition) is 4. The molecule has 0 aliphatic carbocycles. The Labute approximate surface area is 225 Å². The molecule has 5 aromatic rings. The van der Waals surface area contributed by atoms with Crippen LogP contribution in [0.15, 0.2) is 77.9 Å². The van der Waals surface area contributed by atoms with Crippen molar-refractivity contribution < 1.29 is 14.1 Å². The molecule has 0 spiro atoms. The maximum atomic E-state index is 12.4. The number of carbonyl (C=O) groups excluding carboxylic acids is 1. The Hall–Kier alpha value is -4.72. The molecule has 0 saturated carbocycles. The summed E-state index contributed by atoms with van der Waals surface area (Å²) in [4.78, 5) is 34.3. The van der Waals surface area contributed by atoms with Crippen molar-refractivity contribution in [2.45, 2.75) is 6.92 Å². The normalized spacial score (nSPS) is 14.0. The largest absolute Gasteiger partial charge is 0.487 e. The summed E-state index contributed by atoms with van der Waals surface area (Å²) in [5, 5.41) is 1.94. The van der Waals surface area contributed by atoms with E-state index in [9.17, 15) is 9.59 Å². The maximum Gasteiger partial charge on any atom is 0.313 e. The Morgan fingerprint density at radius 3 is 2.62 bits per heavy atom. The molecular weight excluding hydrogens is 490 g/mol. The highest BCUT2D eigenvalue weighted by molar-refractivity contribution is 6.35. The van der Waals surface area contributed by atoms with Gasteiger partial charge >= 0.3 is 5.91 Å². The summed E-state index contributed by atoms with van der Waals surface area (Å²) in [6, 6.07) is 20.2. The molecule has 8 nitrogen and oxygen atoms in total. The average molecular weight is 521 g/mol. The predicted octanol–water partition coefficient (Wildman–Crippen LogP) is 4.07. The number of ether oxygens (including phenoxy) is 1. The number of benzene rings is 2. The van der Waals surface area contributed by atoms with Gasteiger partial charge in [0, 0.05) is 55.3 Å². The van der Waals surface area contributed by atoms with Crippen molar-refractivity contribution in [2.24, 2.45) is 7.05 Å². The van der Waals surface area contributed by atoms with Crippen LogP contribution in [-0.4, -0.2) is 68.9 Å². The standard InChI is InChI=1S/C31H29N5O3/c1-20-30(37)34(2)14-15-36(20)16-17-39-24-8-4-21(5-9-24)27-11-7-23-18-22(6-10-28(23)33-27)26-19-35(3)31(38)29-25(26)12-13-32-29/h4-13,18-19H,14-17H2,1-3H3/p+1. The molecule has 4 heterocycles. The van der Waals surface area contributed by atoms with Gasteiger partial charge in [-0.2, -0.15) is 0 Å². The number of nitrogens with zero attached hydrogens (tertiary/aromatic N) is 4. The summed E-state index contributed by atoms with van der Waals surface area (Å²) in [5.41, 5.74) is 6.17. The molecule has 8 heteroatoms. The summed E-state index contributed by atoms with van der Waals surface area (Å²) in [7, 11) is 3.60. The molecule has 0 radical (unpaired) electrons. The first kappa shape index (κ1) is 24.6. The second-order valence-electron chi connectivity index (χ2n) is 10.0. The number of aryl methyl sites for hydroxylation is 1. The predicted molar refractivity (Wildman–Crippen MR) is 154 cm³/mol. The van der Waals surface area contributed by atoms with Crippen molar-refractivity contribution in [1.29, 1.82) is 0 Å². The van der Waals surface area contributed by atoms with E-state index < -0.39 is 0 Å². The van der Waals surface area contributed by atoms with Crippen LogP contribution in [0, 0.1) is 0 Å². The van der Waals surface area contributed by atoms with Gasteiger partial charge in [0.1, 0.15) is 17.9 Å². The van der Waals surface area contributed by atoms with E-state index in [1.165, 1.54) is 0 Å².